The molecular formula is C9H11N5. The van der Waals surface area contributed by atoms with E-state index in [1.807, 2.05) is 12.1 Å². The van der Waals surface area contributed by atoms with Gasteiger partial charge in [-0.05, 0) is 12.1 Å². The Morgan fingerprint density at radius 3 is 2.64 bits per heavy atom. The Hall–Kier alpha value is -1.67. The van der Waals surface area contributed by atoms with E-state index in [0.29, 0.717) is 5.69 Å². The van der Waals surface area contributed by atoms with Gasteiger partial charge in [0.25, 0.3) is 0 Å². The fourth-order valence-electron chi connectivity index (χ4n) is 1.45. The second kappa shape index (κ2) is 4.03. The first kappa shape index (κ1) is 8.91. The van der Waals surface area contributed by atoms with Crippen LogP contribution in [-0.2, 0) is 0 Å². The van der Waals surface area contributed by atoms with Crippen molar-refractivity contribution in [2.45, 2.75) is 0 Å². The Morgan fingerprint density at radius 2 is 2.07 bits per heavy atom. The molecule has 0 unspecified atom stereocenters. The van der Waals surface area contributed by atoms with E-state index in [2.05, 4.69) is 20.4 Å². The van der Waals surface area contributed by atoms with E-state index < -0.39 is 0 Å². The van der Waals surface area contributed by atoms with Crippen molar-refractivity contribution in [1.29, 1.82) is 5.26 Å². The van der Waals surface area contributed by atoms with Gasteiger partial charge in [0.15, 0.2) is 11.5 Å². The van der Waals surface area contributed by atoms with E-state index in [4.69, 9.17) is 5.26 Å². The molecule has 72 valence electrons. The first-order chi connectivity index (χ1) is 6.90. The molecule has 1 aliphatic rings. The average Bonchev–Trinajstić information content (AvgIpc) is 2.30. The number of rotatable bonds is 1. The van der Waals surface area contributed by atoms with Crippen molar-refractivity contribution >= 4 is 5.82 Å². The number of piperazine rings is 1. The molecule has 0 atom stereocenters. The molecule has 1 fully saturated rings. The standard InChI is InChI=1S/C9H11N5/c10-7-8-1-2-9(13-12-8)14-5-3-11-4-6-14/h1-2,11H,3-6H2. The number of nitrogens with zero attached hydrogens (tertiary/aromatic N) is 4. The van der Waals surface area contributed by atoms with Crippen molar-refractivity contribution in [3.63, 3.8) is 0 Å². The Kier molecular flexibility index (Phi) is 2.56. The maximum atomic E-state index is 8.56. The van der Waals surface area contributed by atoms with Gasteiger partial charge in [0.2, 0.25) is 0 Å². The van der Waals surface area contributed by atoms with Crippen LogP contribution in [0, 0.1) is 11.3 Å². The van der Waals surface area contributed by atoms with Crippen LogP contribution in [0.4, 0.5) is 5.82 Å². The average molecular weight is 189 g/mol. The molecule has 0 spiro atoms. The molecule has 1 aromatic rings. The van der Waals surface area contributed by atoms with Gasteiger partial charge in [-0.1, -0.05) is 0 Å². The second-order valence-electron chi connectivity index (χ2n) is 3.13. The van der Waals surface area contributed by atoms with Gasteiger partial charge in [0, 0.05) is 26.2 Å². The monoisotopic (exact) mass is 189 g/mol. The van der Waals surface area contributed by atoms with Crippen LogP contribution in [0.15, 0.2) is 12.1 Å². The largest absolute Gasteiger partial charge is 0.353 e. The summed E-state index contributed by atoms with van der Waals surface area (Å²) in [5.74, 6) is 0.852. The molecular weight excluding hydrogens is 178 g/mol. The van der Waals surface area contributed by atoms with Crippen LogP contribution in [0.25, 0.3) is 0 Å². The normalized spacial score (nSPS) is 16.4. The smallest absolute Gasteiger partial charge is 0.163 e. The van der Waals surface area contributed by atoms with E-state index in [-0.39, 0.29) is 0 Å². The maximum absolute atomic E-state index is 8.56. The lowest BCUT2D eigenvalue weighted by atomic mass is 10.3. The summed E-state index contributed by atoms with van der Waals surface area (Å²) >= 11 is 0. The van der Waals surface area contributed by atoms with Crippen molar-refractivity contribution < 1.29 is 0 Å². The van der Waals surface area contributed by atoms with Crippen molar-refractivity contribution in [3.05, 3.63) is 17.8 Å². The van der Waals surface area contributed by atoms with Crippen LogP contribution >= 0.6 is 0 Å². The van der Waals surface area contributed by atoms with Gasteiger partial charge < -0.3 is 10.2 Å². The first-order valence-electron chi connectivity index (χ1n) is 4.59. The lowest BCUT2D eigenvalue weighted by Gasteiger charge is -2.27. The molecule has 5 nitrogen and oxygen atoms in total. The Bertz CT molecular complexity index is 333. The summed E-state index contributed by atoms with van der Waals surface area (Å²) in [4.78, 5) is 2.16. The highest BCUT2D eigenvalue weighted by Gasteiger charge is 2.11. The predicted molar refractivity (Wildman–Crippen MR) is 51.8 cm³/mol. The van der Waals surface area contributed by atoms with Gasteiger partial charge in [-0.2, -0.15) is 5.26 Å². The molecule has 2 rings (SSSR count). The van der Waals surface area contributed by atoms with Gasteiger partial charge in [-0.25, -0.2) is 0 Å². The van der Waals surface area contributed by atoms with Crippen LogP contribution < -0.4 is 10.2 Å². The number of anilines is 1. The molecule has 0 bridgehead atoms. The van der Waals surface area contributed by atoms with Gasteiger partial charge >= 0.3 is 0 Å². The SMILES string of the molecule is N#Cc1ccc(N2CCNCC2)nn1. The molecule has 1 aliphatic heterocycles. The fourth-order valence-corrected chi connectivity index (χ4v) is 1.45. The van der Waals surface area contributed by atoms with Gasteiger partial charge in [0.1, 0.15) is 6.07 Å². The van der Waals surface area contributed by atoms with Crippen molar-refractivity contribution in [3.8, 4) is 6.07 Å². The molecule has 0 amide bonds. The summed E-state index contributed by atoms with van der Waals surface area (Å²) in [7, 11) is 0. The number of aromatic nitrogens is 2. The molecule has 0 aromatic carbocycles. The molecule has 0 aliphatic carbocycles. The van der Waals surface area contributed by atoms with Crippen LogP contribution in [-0.4, -0.2) is 36.4 Å². The lowest BCUT2D eigenvalue weighted by molar-refractivity contribution is 0.582. The number of nitriles is 1. The quantitative estimate of drug-likeness (QED) is 0.660. The Morgan fingerprint density at radius 1 is 1.29 bits per heavy atom. The van der Waals surface area contributed by atoms with Crippen LogP contribution in [0.3, 0.4) is 0 Å². The van der Waals surface area contributed by atoms with E-state index in [1.54, 1.807) is 6.07 Å². The number of nitrogens with one attached hydrogen (secondary N) is 1. The van der Waals surface area contributed by atoms with Crippen LogP contribution in [0.2, 0.25) is 0 Å². The summed E-state index contributed by atoms with van der Waals surface area (Å²) in [6, 6.07) is 5.50. The van der Waals surface area contributed by atoms with Gasteiger partial charge in [-0.15, -0.1) is 10.2 Å². The molecule has 5 heteroatoms. The lowest BCUT2D eigenvalue weighted by Crippen LogP contribution is -2.43. The zero-order chi connectivity index (χ0) is 9.80. The predicted octanol–water partition coefficient (Wildman–Crippen LogP) is -0.242. The first-order valence-corrected chi connectivity index (χ1v) is 4.59. The summed E-state index contributed by atoms with van der Waals surface area (Å²) in [6.07, 6.45) is 0. The molecule has 1 saturated heterocycles. The van der Waals surface area contributed by atoms with Crippen LogP contribution in [0.1, 0.15) is 5.69 Å². The number of hydrogen-bond donors (Lipinski definition) is 1. The Labute approximate surface area is 82.4 Å². The van der Waals surface area contributed by atoms with Crippen LogP contribution in [0.5, 0.6) is 0 Å². The fraction of sp³-hybridized carbons (Fsp3) is 0.444. The van der Waals surface area contributed by atoms with Crippen molar-refractivity contribution in [1.82, 2.24) is 15.5 Å². The van der Waals surface area contributed by atoms with Gasteiger partial charge in [0.05, 0.1) is 0 Å². The summed E-state index contributed by atoms with van der Waals surface area (Å²) in [5, 5.41) is 19.6. The highest BCUT2D eigenvalue weighted by Crippen LogP contribution is 2.09. The third-order valence-electron chi connectivity index (χ3n) is 2.21. The second-order valence-corrected chi connectivity index (χ2v) is 3.13. The molecule has 0 radical (unpaired) electrons. The summed E-state index contributed by atoms with van der Waals surface area (Å²) in [5.41, 5.74) is 0.365. The van der Waals surface area contributed by atoms with E-state index >= 15 is 0 Å². The summed E-state index contributed by atoms with van der Waals surface area (Å²) in [6.45, 7) is 3.84. The van der Waals surface area contributed by atoms with Crippen molar-refractivity contribution in [2.75, 3.05) is 31.1 Å². The molecule has 0 saturated carbocycles. The third kappa shape index (κ3) is 1.80. The summed E-state index contributed by atoms with van der Waals surface area (Å²) < 4.78 is 0. The minimum atomic E-state index is 0.365. The van der Waals surface area contributed by atoms with Gasteiger partial charge in [-0.3, -0.25) is 0 Å². The minimum Gasteiger partial charge on any atom is -0.353 e. The maximum Gasteiger partial charge on any atom is 0.163 e. The molecule has 2 heterocycles. The molecule has 1 N–H and O–H groups in total. The molecule has 1 aromatic heterocycles. The zero-order valence-electron chi connectivity index (χ0n) is 7.77. The number of hydrogen-bond acceptors (Lipinski definition) is 5. The topological polar surface area (TPSA) is 64.8 Å². The highest BCUT2D eigenvalue weighted by atomic mass is 15.3. The third-order valence-corrected chi connectivity index (χ3v) is 2.21. The highest BCUT2D eigenvalue weighted by molar-refractivity contribution is 5.39. The van der Waals surface area contributed by atoms with E-state index in [1.165, 1.54) is 0 Å². The minimum absolute atomic E-state index is 0.365. The van der Waals surface area contributed by atoms with E-state index in [9.17, 15) is 0 Å². The molecule has 14 heavy (non-hydrogen) atoms. The van der Waals surface area contributed by atoms with E-state index in [0.717, 1.165) is 32.0 Å². The Balaban J connectivity index is 2.12. The van der Waals surface area contributed by atoms with Crippen molar-refractivity contribution in [2.24, 2.45) is 0 Å². The zero-order valence-corrected chi connectivity index (χ0v) is 7.77.